The van der Waals surface area contributed by atoms with Gasteiger partial charge >= 0.3 is 8.72 Å². The highest BCUT2D eigenvalue weighted by Crippen LogP contribution is 2.45. The number of rotatable bonds is 4. The minimum atomic E-state index is -2.37. The molecule has 0 aromatic carbocycles. The Kier molecular flexibility index (Phi) is 5.04. The van der Waals surface area contributed by atoms with Crippen molar-refractivity contribution in [1.82, 2.24) is 4.57 Å². The standard InChI is InChI=1S/C14H31NO2Si/c1-8-14(5)11-9-10-12-15(14)18(16-6,17-7)13(2,3)4/h8-12H2,1-7H3. The van der Waals surface area contributed by atoms with E-state index >= 15 is 0 Å². The smallest absolute Gasteiger partial charge is 0.386 e. The maximum atomic E-state index is 6.03. The lowest BCUT2D eigenvalue weighted by atomic mass is 9.88. The third-order valence-corrected chi connectivity index (χ3v) is 9.09. The van der Waals surface area contributed by atoms with Gasteiger partial charge in [0.15, 0.2) is 0 Å². The minimum absolute atomic E-state index is 0.0459. The summed E-state index contributed by atoms with van der Waals surface area (Å²) in [5.41, 5.74) is 0.226. The van der Waals surface area contributed by atoms with Crippen LogP contribution in [0.1, 0.15) is 60.3 Å². The first-order valence-corrected chi connectivity index (χ1v) is 8.92. The Morgan fingerprint density at radius 3 is 2.11 bits per heavy atom. The van der Waals surface area contributed by atoms with Crippen LogP contribution in [0.4, 0.5) is 0 Å². The molecule has 0 aliphatic carbocycles. The molecule has 0 radical (unpaired) electrons. The fourth-order valence-corrected chi connectivity index (χ4v) is 7.45. The van der Waals surface area contributed by atoms with Gasteiger partial charge in [-0.1, -0.05) is 34.1 Å². The van der Waals surface area contributed by atoms with Crippen LogP contribution in [0, 0.1) is 0 Å². The van der Waals surface area contributed by atoms with Gasteiger partial charge in [0.2, 0.25) is 0 Å². The SMILES string of the molecule is CCC1(C)CCCCN1[Si](OC)(OC)C(C)(C)C. The van der Waals surface area contributed by atoms with Crippen LogP contribution in [-0.2, 0) is 8.85 Å². The molecule has 3 nitrogen and oxygen atoms in total. The Morgan fingerprint density at radius 2 is 1.72 bits per heavy atom. The number of piperidine rings is 1. The lowest BCUT2D eigenvalue weighted by Crippen LogP contribution is -2.70. The first kappa shape index (κ1) is 16.2. The summed E-state index contributed by atoms with van der Waals surface area (Å²) in [5.74, 6) is 0. The van der Waals surface area contributed by atoms with E-state index in [2.05, 4.69) is 39.2 Å². The summed E-state index contributed by atoms with van der Waals surface area (Å²) in [6.07, 6.45) is 4.99. The van der Waals surface area contributed by atoms with Gasteiger partial charge in [-0.15, -0.1) is 0 Å². The molecule has 1 heterocycles. The first-order valence-electron chi connectivity index (χ1n) is 7.15. The largest absolute Gasteiger partial charge is 0.433 e. The molecule has 1 atom stereocenters. The predicted octanol–water partition coefficient (Wildman–Crippen LogP) is 3.67. The van der Waals surface area contributed by atoms with E-state index in [0.29, 0.717) is 0 Å². The fourth-order valence-electron chi connectivity index (χ4n) is 3.37. The summed E-state index contributed by atoms with van der Waals surface area (Å²) in [6.45, 7) is 12.5. The maximum Gasteiger partial charge on any atom is 0.433 e. The van der Waals surface area contributed by atoms with Crippen molar-refractivity contribution in [3.05, 3.63) is 0 Å². The van der Waals surface area contributed by atoms with Crippen molar-refractivity contribution in [2.75, 3.05) is 20.8 Å². The average molecular weight is 273 g/mol. The second kappa shape index (κ2) is 5.61. The van der Waals surface area contributed by atoms with E-state index in [0.717, 1.165) is 13.0 Å². The summed E-state index contributed by atoms with van der Waals surface area (Å²) >= 11 is 0. The number of hydrogen-bond acceptors (Lipinski definition) is 3. The van der Waals surface area contributed by atoms with Gasteiger partial charge in [-0.05, 0) is 32.7 Å². The van der Waals surface area contributed by atoms with Gasteiger partial charge in [0.25, 0.3) is 0 Å². The van der Waals surface area contributed by atoms with E-state index in [-0.39, 0.29) is 10.6 Å². The third kappa shape index (κ3) is 2.53. The molecule has 4 heteroatoms. The van der Waals surface area contributed by atoms with E-state index in [9.17, 15) is 0 Å². The Bertz CT molecular complexity index is 273. The van der Waals surface area contributed by atoms with Crippen LogP contribution in [0.3, 0.4) is 0 Å². The van der Waals surface area contributed by atoms with Gasteiger partial charge in [-0.25, -0.2) is 0 Å². The highest BCUT2D eigenvalue weighted by atomic mass is 28.4. The summed E-state index contributed by atoms with van der Waals surface area (Å²) < 4.78 is 14.6. The molecule has 1 aliphatic heterocycles. The number of nitrogens with zero attached hydrogens (tertiary/aromatic N) is 1. The van der Waals surface area contributed by atoms with E-state index in [1.807, 2.05) is 14.2 Å². The molecule has 18 heavy (non-hydrogen) atoms. The highest BCUT2D eigenvalue weighted by Gasteiger charge is 2.58. The van der Waals surface area contributed by atoms with Gasteiger partial charge in [0.1, 0.15) is 0 Å². The molecule has 0 N–H and O–H groups in total. The Labute approximate surface area is 114 Å². The Hall–Kier alpha value is 0.0969. The quantitative estimate of drug-likeness (QED) is 0.730. The Morgan fingerprint density at radius 1 is 1.17 bits per heavy atom. The van der Waals surface area contributed by atoms with Crippen LogP contribution in [-0.4, -0.2) is 39.6 Å². The highest BCUT2D eigenvalue weighted by molar-refractivity contribution is 6.67. The van der Waals surface area contributed by atoms with Gasteiger partial charge in [-0.3, -0.25) is 4.57 Å². The monoisotopic (exact) mass is 273 g/mol. The zero-order valence-corrected chi connectivity index (χ0v) is 14.3. The Balaban J connectivity index is 3.19. The van der Waals surface area contributed by atoms with Gasteiger partial charge in [0.05, 0.1) is 0 Å². The summed E-state index contributed by atoms with van der Waals surface area (Å²) in [7, 11) is 1.28. The zero-order valence-electron chi connectivity index (χ0n) is 13.3. The second-order valence-electron chi connectivity index (χ2n) is 6.70. The van der Waals surface area contributed by atoms with Crippen LogP contribution >= 0.6 is 0 Å². The normalized spacial score (nSPS) is 27.5. The van der Waals surface area contributed by atoms with Gasteiger partial charge in [0, 0.05) is 24.8 Å². The van der Waals surface area contributed by atoms with Crippen molar-refractivity contribution in [1.29, 1.82) is 0 Å². The van der Waals surface area contributed by atoms with E-state index in [1.54, 1.807) is 0 Å². The minimum Gasteiger partial charge on any atom is -0.386 e. The summed E-state index contributed by atoms with van der Waals surface area (Å²) in [4.78, 5) is 0. The lowest BCUT2D eigenvalue weighted by molar-refractivity contribution is 0.0445. The topological polar surface area (TPSA) is 21.7 Å². The molecular formula is C14H31NO2Si. The van der Waals surface area contributed by atoms with Crippen LogP contribution < -0.4 is 0 Å². The van der Waals surface area contributed by atoms with Crippen molar-refractivity contribution in [2.45, 2.75) is 70.9 Å². The van der Waals surface area contributed by atoms with E-state index in [4.69, 9.17) is 8.85 Å². The molecule has 1 rings (SSSR count). The first-order chi connectivity index (χ1) is 8.27. The second-order valence-corrected chi connectivity index (χ2v) is 10.7. The molecule has 0 aromatic rings. The molecular weight excluding hydrogens is 242 g/mol. The van der Waals surface area contributed by atoms with Crippen LogP contribution in [0.2, 0.25) is 5.04 Å². The van der Waals surface area contributed by atoms with Crippen LogP contribution in [0.25, 0.3) is 0 Å². The summed E-state index contributed by atoms with van der Waals surface area (Å²) in [6, 6.07) is 0. The zero-order chi connectivity index (χ0) is 14.0. The predicted molar refractivity (Wildman–Crippen MR) is 78.7 cm³/mol. The molecule has 0 amide bonds. The molecule has 0 aromatic heterocycles. The molecule has 108 valence electrons. The number of hydrogen-bond donors (Lipinski definition) is 0. The van der Waals surface area contributed by atoms with Crippen molar-refractivity contribution in [2.24, 2.45) is 0 Å². The third-order valence-electron chi connectivity index (χ3n) is 4.62. The lowest BCUT2D eigenvalue weighted by Gasteiger charge is -2.55. The summed E-state index contributed by atoms with van der Waals surface area (Å²) in [5, 5.41) is 0.0459. The average Bonchev–Trinajstić information content (AvgIpc) is 2.32. The molecule has 1 fully saturated rings. The molecule has 1 unspecified atom stereocenters. The van der Waals surface area contributed by atoms with Crippen molar-refractivity contribution < 1.29 is 8.85 Å². The fraction of sp³-hybridized carbons (Fsp3) is 1.00. The van der Waals surface area contributed by atoms with Crippen LogP contribution in [0.15, 0.2) is 0 Å². The van der Waals surface area contributed by atoms with Gasteiger partial charge in [-0.2, -0.15) is 0 Å². The molecule has 0 spiro atoms. The maximum absolute atomic E-state index is 6.03. The molecule has 1 saturated heterocycles. The van der Waals surface area contributed by atoms with E-state index < -0.39 is 8.72 Å². The van der Waals surface area contributed by atoms with E-state index in [1.165, 1.54) is 19.3 Å². The van der Waals surface area contributed by atoms with Crippen molar-refractivity contribution in [3.63, 3.8) is 0 Å². The van der Waals surface area contributed by atoms with Crippen molar-refractivity contribution >= 4 is 8.72 Å². The molecule has 1 aliphatic rings. The van der Waals surface area contributed by atoms with Crippen molar-refractivity contribution in [3.8, 4) is 0 Å². The van der Waals surface area contributed by atoms with Gasteiger partial charge < -0.3 is 8.85 Å². The molecule has 0 bridgehead atoms. The van der Waals surface area contributed by atoms with Crippen LogP contribution in [0.5, 0.6) is 0 Å². The molecule has 0 saturated carbocycles.